The van der Waals surface area contributed by atoms with Crippen LogP contribution in [0.5, 0.6) is 5.75 Å². The van der Waals surface area contributed by atoms with Gasteiger partial charge in [-0.2, -0.15) is 5.10 Å². The summed E-state index contributed by atoms with van der Waals surface area (Å²) in [6, 6.07) is 2.81. The lowest BCUT2D eigenvalue weighted by molar-refractivity contribution is 0.0971. The van der Waals surface area contributed by atoms with E-state index in [-0.39, 0.29) is 27.6 Å². The molecule has 1 aliphatic carbocycles. The average Bonchev–Trinajstić information content (AvgIpc) is 3.21. The molecule has 4 rings (SSSR count). The highest BCUT2D eigenvalue weighted by Gasteiger charge is 2.33. The van der Waals surface area contributed by atoms with Crippen molar-refractivity contribution >= 4 is 27.5 Å². The number of hydrogen-bond donors (Lipinski definition) is 1. The molecule has 1 N–H and O–H groups in total. The van der Waals surface area contributed by atoms with Gasteiger partial charge in [-0.3, -0.25) is 9.48 Å². The smallest absolute Gasteiger partial charge is 0.283 e. The van der Waals surface area contributed by atoms with Gasteiger partial charge in [0.2, 0.25) is 0 Å². The standard InChI is InChI=1S/C17H18ClN3O4S/c1-9-5-11-6-12(7-14(18)16(11)25-9)26(23,24)20-17(22)15-13(10-3-4-10)8-19-21(15)2/h6-10H,3-5H2,1-2H3,(H,20,22). The van der Waals surface area contributed by atoms with E-state index in [9.17, 15) is 13.2 Å². The predicted octanol–water partition coefficient (Wildman–Crippen LogP) is 2.39. The van der Waals surface area contributed by atoms with Crippen LogP contribution < -0.4 is 9.46 Å². The number of carbonyl (C=O) groups is 1. The van der Waals surface area contributed by atoms with E-state index in [1.54, 1.807) is 13.2 Å². The summed E-state index contributed by atoms with van der Waals surface area (Å²) in [5.74, 6) is 0.0977. The summed E-state index contributed by atoms with van der Waals surface area (Å²) in [7, 11) is -2.44. The Morgan fingerprint density at radius 2 is 2.12 bits per heavy atom. The number of hydrogen-bond acceptors (Lipinski definition) is 5. The van der Waals surface area contributed by atoms with Crippen LogP contribution in [0.1, 0.15) is 47.3 Å². The van der Waals surface area contributed by atoms with Gasteiger partial charge < -0.3 is 4.74 Å². The number of fused-ring (bicyclic) bond motifs is 1. The van der Waals surface area contributed by atoms with Crippen molar-refractivity contribution in [2.24, 2.45) is 7.05 Å². The van der Waals surface area contributed by atoms with E-state index in [0.717, 1.165) is 24.0 Å². The molecular weight excluding hydrogens is 378 g/mol. The van der Waals surface area contributed by atoms with Crippen LogP contribution in [-0.2, 0) is 23.5 Å². The first-order valence-corrected chi connectivity index (χ1v) is 10.2. The number of carbonyl (C=O) groups excluding carboxylic acids is 1. The van der Waals surface area contributed by atoms with E-state index >= 15 is 0 Å². The largest absolute Gasteiger partial charge is 0.489 e. The molecule has 26 heavy (non-hydrogen) atoms. The summed E-state index contributed by atoms with van der Waals surface area (Å²) in [5, 5.41) is 4.32. The molecule has 1 unspecified atom stereocenters. The van der Waals surface area contributed by atoms with Crippen LogP contribution in [0.4, 0.5) is 0 Å². The summed E-state index contributed by atoms with van der Waals surface area (Å²) in [6.07, 6.45) is 4.10. The van der Waals surface area contributed by atoms with E-state index < -0.39 is 15.9 Å². The molecule has 2 aromatic rings. The van der Waals surface area contributed by atoms with Crippen molar-refractivity contribution in [3.63, 3.8) is 0 Å². The number of rotatable bonds is 4. The molecule has 0 radical (unpaired) electrons. The normalized spacial score (nSPS) is 19.1. The van der Waals surface area contributed by atoms with Crippen molar-refractivity contribution in [2.75, 3.05) is 0 Å². The minimum Gasteiger partial charge on any atom is -0.489 e. The Kier molecular flexibility index (Phi) is 4.00. The van der Waals surface area contributed by atoms with Gasteiger partial charge in [0.25, 0.3) is 15.9 Å². The van der Waals surface area contributed by atoms with Gasteiger partial charge in [-0.1, -0.05) is 11.6 Å². The fourth-order valence-corrected chi connectivity index (χ4v) is 4.65. The van der Waals surface area contributed by atoms with Gasteiger partial charge in [0.15, 0.2) is 0 Å². The summed E-state index contributed by atoms with van der Waals surface area (Å²) in [5.41, 5.74) is 1.78. The van der Waals surface area contributed by atoms with Crippen LogP contribution in [0.15, 0.2) is 23.2 Å². The molecule has 138 valence electrons. The van der Waals surface area contributed by atoms with Crippen molar-refractivity contribution in [3.05, 3.63) is 40.2 Å². The van der Waals surface area contributed by atoms with Gasteiger partial charge in [-0.05, 0) is 37.8 Å². The molecule has 9 heteroatoms. The highest BCUT2D eigenvalue weighted by Crippen LogP contribution is 2.41. The third kappa shape index (κ3) is 2.97. The lowest BCUT2D eigenvalue weighted by Crippen LogP contribution is -2.32. The van der Waals surface area contributed by atoms with Crippen LogP contribution in [0, 0.1) is 0 Å². The number of sulfonamides is 1. The Bertz CT molecular complexity index is 1010. The van der Waals surface area contributed by atoms with Crippen molar-refractivity contribution in [3.8, 4) is 5.75 Å². The number of ether oxygens (including phenoxy) is 1. The Morgan fingerprint density at radius 1 is 1.38 bits per heavy atom. The topological polar surface area (TPSA) is 90.3 Å². The summed E-state index contributed by atoms with van der Waals surface area (Å²) < 4.78 is 34.6. The van der Waals surface area contributed by atoms with Crippen LogP contribution in [0.2, 0.25) is 5.02 Å². The predicted molar refractivity (Wildman–Crippen MR) is 95.1 cm³/mol. The second-order valence-corrected chi connectivity index (χ2v) is 8.90. The quantitative estimate of drug-likeness (QED) is 0.858. The van der Waals surface area contributed by atoms with E-state index in [0.29, 0.717) is 12.2 Å². The van der Waals surface area contributed by atoms with E-state index in [4.69, 9.17) is 16.3 Å². The first kappa shape index (κ1) is 17.4. The Hall–Kier alpha value is -2.06. The van der Waals surface area contributed by atoms with Gasteiger partial charge in [-0.25, -0.2) is 13.1 Å². The summed E-state index contributed by atoms with van der Waals surface area (Å²) >= 11 is 6.17. The van der Waals surface area contributed by atoms with Crippen molar-refractivity contribution in [1.82, 2.24) is 14.5 Å². The van der Waals surface area contributed by atoms with Gasteiger partial charge in [0, 0.05) is 24.6 Å². The minimum atomic E-state index is -4.07. The van der Waals surface area contributed by atoms with Gasteiger partial charge in [0.1, 0.15) is 17.5 Å². The summed E-state index contributed by atoms with van der Waals surface area (Å²) in [6.45, 7) is 1.88. The lowest BCUT2D eigenvalue weighted by atomic mass is 10.1. The summed E-state index contributed by atoms with van der Waals surface area (Å²) in [4.78, 5) is 12.6. The van der Waals surface area contributed by atoms with Crippen molar-refractivity contribution in [1.29, 1.82) is 0 Å². The van der Waals surface area contributed by atoms with Crippen molar-refractivity contribution in [2.45, 2.75) is 43.1 Å². The van der Waals surface area contributed by atoms with E-state index in [2.05, 4.69) is 9.82 Å². The molecule has 1 amide bonds. The highest BCUT2D eigenvalue weighted by atomic mass is 35.5. The van der Waals surface area contributed by atoms with Crippen LogP contribution in [-0.4, -0.2) is 30.2 Å². The van der Waals surface area contributed by atoms with Crippen LogP contribution >= 0.6 is 11.6 Å². The average molecular weight is 396 g/mol. The van der Waals surface area contributed by atoms with Gasteiger partial charge >= 0.3 is 0 Å². The number of amides is 1. The van der Waals surface area contributed by atoms with Gasteiger partial charge in [0.05, 0.1) is 16.1 Å². The number of benzene rings is 1. The minimum absolute atomic E-state index is 0.0533. The molecule has 1 aliphatic heterocycles. The zero-order valence-electron chi connectivity index (χ0n) is 14.3. The number of halogens is 1. The first-order valence-electron chi connectivity index (χ1n) is 8.34. The lowest BCUT2D eigenvalue weighted by Gasteiger charge is -2.11. The number of nitrogens with one attached hydrogen (secondary N) is 1. The fraction of sp³-hybridized carbons (Fsp3) is 0.412. The zero-order valence-corrected chi connectivity index (χ0v) is 15.9. The maximum Gasteiger partial charge on any atom is 0.283 e. The monoisotopic (exact) mass is 395 g/mol. The Morgan fingerprint density at radius 3 is 2.81 bits per heavy atom. The second-order valence-electron chi connectivity index (χ2n) is 6.81. The highest BCUT2D eigenvalue weighted by molar-refractivity contribution is 7.90. The van der Waals surface area contributed by atoms with Gasteiger partial charge in [-0.15, -0.1) is 0 Å². The zero-order chi connectivity index (χ0) is 18.6. The maximum absolute atomic E-state index is 12.7. The molecule has 7 nitrogen and oxygen atoms in total. The van der Waals surface area contributed by atoms with Crippen LogP contribution in [0.3, 0.4) is 0 Å². The molecule has 1 saturated carbocycles. The molecule has 1 atom stereocenters. The third-order valence-corrected chi connectivity index (χ3v) is 6.25. The second kappa shape index (κ2) is 5.99. The molecule has 2 aliphatic rings. The molecule has 1 aromatic carbocycles. The molecule has 0 bridgehead atoms. The number of aromatic nitrogens is 2. The molecular formula is C17H18ClN3O4S. The Balaban J connectivity index is 1.64. The van der Waals surface area contributed by atoms with Crippen LogP contribution in [0.25, 0.3) is 0 Å². The molecule has 0 spiro atoms. The molecule has 0 saturated heterocycles. The molecule has 2 heterocycles. The Labute approximate surface area is 156 Å². The fourth-order valence-electron chi connectivity index (χ4n) is 3.27. The first-order chi connectivity index (χ1) is 12.3. The third-order valence-electron chi connectivity index (χ3n) is 4.66. The SMILES string of the molecule is CC1Cc2cc(S(=O)(=O)NC(=O)c3c(C4CC4)cnn3C)cc(Cl)c2O1. The van der Waals surface area contributed by atoms with E-state index in [1.807, 2.05) is 6.92 Å². The maximum atomic E-state index is 12.7. The van der Waals surface area contributed by atoms with E-state index in [1.165, 1.54) is 16.8 Å². The number of aryl methyl sites for hydroxylation is 1. The van der Waals surface area contributed by atoms with Crippen molar-refractivity contribution < 1.29 is 17.9 Å². The molecule has 1 fully saturated rings. The number of nitrogens with zero attached hydrogens (tertiary/aromatic N) is 2. The molecule has 1 aromatic heterocycles.